The standard InChI is InChI=1S/C14H19ClN2O/c1-17(9-5-2-6-10-17)11-14(18)16-13-8-4-3-7-12(13)15/h3-4,7-8H,2,5-6,9-11H2,1H3/p+1. The number of hydrogen-bond donors (Lipinski definition) is 1. The number of benzene rings is 1. The number of likely N-dealkylation sites (tertiary alicyclic amines) is 1. The van der Waals surface area contributed by atoms with Gasteiger partial charge in [-0.05, 0) is 31.4 Å². The molecule has 1 heterocycles. The van der Waals surface area contributed by atoms with E-state index in [-0.39, 0.29) is 5.91 Å². The fraction of sp³-hybridized carbons (Fsp3) is 0.500. The Morgan fingerprint density at radius 1 is 1.28 bits per heavy atom. The molecule has 1 amide bonds. The Balaban J connectivity index is 1.94. The molecule has 0 aliphatic carbocycles. The molecule has 1 aliphatic heterocycles. The van der Waals surface area contributed by atoms with Crippen molar-refractivity contribution in [3.8, 4) is 0 Å². The first-order valence-electron chi connectivity index (χ1n) is 6.47. The molecule has 1 saturated heterocycles. The highest BCUT2D eigenvalue weighted by atomic mass is 35.5. The van der Waals surface area contributed by atoms with Crippen LogP contribution in [-0.4, -0.2) is 37.1 Å². The van der Waals surface area contributed by atoms with E-state index in [0.29, 0.717) is 17.3 Å². The quantitative estimate of drug-likeness (QED) is 0.839. The molecule has 98 valence electrons. The van der Waals surface area contributed by atoms with Crippen molar-refractivity contribution in [2.24, 2.45) is 0 Å². The predicted octanol–water partition coefficient (Wildman–Crippen LogP) is 2.91. The van der Waals surface area contributed by atoms with Crippen molar-refractivity contribution in [1.82, 2.24) is 0 Å². The maximum atomic E-state index is 12.1. The summed E-state index contributed by atoms with van der Waals surface area (Å²) < 4.78 is 0.844. The lowest BCUT2D eigenvalue weighted by Crippen LogP contribution is -2.52. The summed E-state index contributed by atoms with van der Waals surface area (Å²) in [6.07, 6.45) is 3.73. The molecule has 1 aromatic carbocycles. The number of hydrogen-bond acceptors (Lipinski definition) is 1. The third-order valence-electron chi connectivity index (χ3n) is 3.57. The van der Waals surface area contributed by atoms with E-state index in [1.165, 1.54) is 19.3 Å². The molecule has 0 aromatic heterocycles. The minimum atomic E-state index is 0.0486. The number of piperidine rings is 1. The smallest absolute Gasteiger partial charge is 0.279 e. The van der Waals surface area contributed by atoms with E-state index in [4.69, 9.17) is 11.6 Å². The SMILES string of the molecule is C[N+]1(CC(=O)Nc2ccccc2Cl)CCCCC1. The van der Waals surface area contributed by atoms with Crippen LogP contribution < -0.4 is 5.32 Å². The van der Waals surface area contributed by atoms with Gasteiger partial charge in [-0.2, -0.15) is 0 Å². The summed E-state index contributed by atoms with van der Waals surface area (Å²) in [5.74, 6) is 0.0486. The normalized spacial score (nSPS) is 18.3. The molecule has 1 N–H and O–H groups in total. The number of quaternary nitrogens is 1. The number of para-hydroxylation sites is 1. The van der Waals surface area contributed by atoms with Crippen LogP contribution >= 0.6 is 11.6 Å². The Hall–Kier alpha value is -1.06. The molecular formula is C14H20ClN2O+. The first kappa shape index (κ1) is 13.4. The van der Waals surface area contributed by atoms with Crippen LogP contribution in [0.15, 0.2) is 24.3 Å². The number of carbonyl (C=O) groups is 1. The fourth-order valence-electron chi connectivity index (χ4n) is 2.53. The zero-order valence-electron chi connectivity index (χ0n) is 10.8. The second kappa shape index (κ2) is 5.72. The maximum Gasteiger partial charge on any atom is 0.279 e. The van der Waals surface area contributed by atoms with E-state index < -0.39 is 0 Å². The molecule has 0 saturated carbocycles. The number of carbonyl (C=O) groups excluding carboxylic acids is 1. The van der Waals surface area contributed by atoms with E-state index in [1.807, 2.05) is 18.2 Å². The van der Waals surface area contributed by atoms with Crippen molar-refractivity contribution >= 4 is 23.2 Å². The van der Waals surface area contributed by atoms with Gasteiger partial charge in [0.15, 0.2) is 6.54 Å². The van der Waals surface area contributed by atoms with E-state index in [0.717, 1.165) is 17.6 Å². The number of amides is 1. The van der Waals surface area contributed by atoms with Crippen molar-refractivity contribution in [2.45, 2.75) is 19.3 Å². The molecule has 1 fully saturated rings. The Bertz CT molecular complexity index is 428. The molecule has 2 rings (SSSR count). The molecule has 4 heteroatoms. The largest absolute Gasteiger partial charge is 0.320 e. The number of halogens is 1. The molecule has 18 heavy (non-hydrogen) atoms. The average Bonchev–Trinajstić information content (AvgIpc) is 2.32. The van der Waals surface area contributed by atoms with Crippen LogP contribution in [0.25, 0.3) is 0 Å². The molecule has 1 aliphatic rings. The third-order valence-corrected chi connectivity index (χ3v) is 3.90. The second-order valence-corrected chi connectivity index (χ2v) is 5.72. The summed E-state index contributed by atoms with van der Waals surface area (Å²) in [5.41, 5.74) is 0.702. The molecule has 3 nitrogen and oxygen atoms in total. The molecule has 0 unspecified atom stereocenters. The van der Waals surface area contributed by atoms with Crippen LogP contribution in [0.5, 0.6) is 0 Å². The Morgan fingerprint density at radius 2 is 1.94 bits per heavy atom. The number of anilines is 1. The number of likely N-dealkylation sites (N-methyl/N-ethyl adjacent to an activating group) is 1. The summed E-state index contributed by atoms with van der Waals surface area (Å²) in [7, 11) is 2.16. The summed E-state index contributed by atoms with van der Waals surface area (Å²) in [6, 6.07) is 7.35. The summed E-state index contributed by atoms with van der Waals surface area (Å²) in [6.45, 7) is 2.72. The van der Waals surface area contributed by atoms with Crippen LogP contribution in [0, 0.1) is 0 Å². The van der Waals surface area contributed by atoms with Gasteiger partial charge >= 0.3 is 0 Å². The van der Waals surface area contributed by atoms with Gasteiger partial charge in [0.1, 0.15) is 0 Å². The van der Waals surface area contributed by atoms with Crippen LogP contribution in [0.4, 0.5) is 5.69 Å². The molecule has 0 spiro atoms. The highest BCUT2D eigenvalue weighted by Crippen LogP contribution is 2.21. The van der Waals surface area contributed by atoms with E-state index in [2.05, 4.69) is 12.4 Å². The predicted molar refractivity (Wildman–Crippen MR) is 74.7 cm³/mol. The van der Waals surface area contributed by atoms with Gasteiger partial charge in [0.05, 0.1) is 30.8 Å². The van der Waals surface area contributed by atoms with Crippen molar-refractivity contribution in [3.05, 3.63) is 29.3 Å². The summed E-state index contributed by atoms with van der Waals surface area (Å²) >= 11 is 6.03. The molecule has 0 radical (unpaired) electrons. The molecular weight excluding hydrogens is 248 g/mol. The lowest BCUT2D eigenvalue weighted by atomic mass is 10.1. The van der Waals surface area contributed by atoms with Gasteiger partial charge < -0.3 is 9.80 Å². The topological polar surface area (TPSA) is 29.1 Å². The minimum absolute atomic E-state index is 0.0486. The third kappa shape index (κ3) is 3.47. The molecule has 0 bridgehead atoms. The highest BCUT2D eigenvalue weighted by molar-refractivity contribution is 6.33. The van der Waals surface area contributed by atoms with E-state index in [9.17, 15) is 4.79 Å². The lowest BCUT2D eigenvalue weighted by molar-refractivity contribution is -0.906. The van der Waals surface area contributed by atoms with Gasteiger partial charge in [0, 0.05) is 0 Å². The van der Waals surface area contributed by atoms with Crippen LogP contribution in [-0.2, 0) is 4.79 Å². The van der Waals surface area contributed by atoms with Crippen molar-refractivity contribution in [2.75, 3.05) is 32.0 Å². The molecule has 1 aromatic rings. The Morgan fingerprint density at radius 3 is 2.61 bits per heavy atom. The van der Waals surface area contributed by atoms with E-state index in [1.54, 1.807) is 6.07 Å². The van der Waals surface area contributed by atoms with Crippen LogP contribution in [0.2, 0.25) is 5.02 Å². The average molecular weight is 268 g/mol. The fourth-order valence-corrected chi connectivity index (χ4v) is 2.72. The summed E-state index contributed by atoms with van der Waals surface area (Å²) in [4.78, 5) is 12.1. The zero-order chi connectivity index (χ0) is 13.0. The van der Waals surface area contributed by atoms with Crippen molar-refractivity contribution in [1.29, 1.82) is 0 Å². The Kier molecular flexibility index (Phi) is 4.25. The number of rotatable bonds is 3. The monoisotopic (exact) mass is 267 g/mol. The van der Waals surface area contributed by atoms with Gasteiger partial charge in [-0.3, -0.25) is 4.79 Å². The zero-order valence-corrected chi connectivity index (χ0v) is 11.5. The van der Waals surface area contributed by atoms with Crippen molar-refractivity contribution < 1.29 is 9.28 Å². The first-order chi connectivity index (χ1) is 8.59. The molecule has 0 atom stereocenters. The van der Waals surface area contributed by atoms with Crippen molar-refractivity contribution in [3.63, 3.8) is 0 Å². The maximum absolute atomic E-state index is 12.1. The summed E-state index contributed by atoms with van der Waals surface area (Å²) in [5, 5.41) is 3.49. The minimum Gasteiger partial charge on any atom is -0.320 e. The van der Waals surface area contributed by atoms with Crippen LogP contribution in [0.1, 0.15) is 19.3 Å². The van der Waals surface area contributed by atoms with Gasteiger partial charge in [0.2, 0.25) is 0 Å². The Labute approximate surface area is 113 Å². The van der Waals surface area contributed by atoms with Crippen LogP contribution in [0.3, 0.4) is 0 Å². The second-order valence-electron chi connectivity index (χ2n) is 5.31. The number of nitrogens with zero attached hydrogens (tertiary/aromatic N) is 1. The lowest BCUT2D eigenvalue weighted by Gasteiger charge is -2.37. The first-order valence-corrected chi connectivity index (χ1v) is 6.85. The van der Waals surface area contributed by atoms with Gasteiger partial charge in [-0.15, -0.1) is 0 Å². The van der Waals surface area contributed by atoms with Gasteiger partial charge in [0.25, 0.3) is 5.91 Å². The van der Waals surface area contributed by atoms with Gasteiger partial charge in [-0.1, -0.05) is 23.7 Å². The highest BCUT2D eigenvalue weighted by Gasteiger charge is 2.27. The van der Waals surface area contributed by atoms with E-state index >= 15 is 0 Å². The number of nitrogens with one attached hydrogen (secondary N) is 1. The van der Waals surface area contributed by atoms with Gasteiger partial charge in [-0.25, -0.2) is 0 Å².